The standard InChI is InChI=1S/C27H18O7/c28-23-13-5-1-3-7-15(13)25(30)19-11-33-21(9-17(19)23)27(32)22-10-18-20(12-34-22)26(31)16-8-4-2-6-14(16)24(18)29/h1-8,21-22H,9-12H2. The van der Waals surface area contributed by atoms with E-state index in [1.54, 1.807) is 48.5 Å². The monoisotopic (exact) mass is 454 g/mol. The third kappa shape index (κ3) is 2.94. The Bertz CT molecular complexity index is 1300. The van der Waals surface area contributed by atoms with Gasteiger partial charge in [-0.25, -0.2) is 0 Å². The molecule has 0 N–H and O–H groups in total. The summed E-state index contributed by atoms with van der Waals surface area (Å²) in [6.45, 7) is -0.286. The van der Waals surface area contributed by atoms with Crippen molar-refractivity contribution in [3.63, 3.8) is 0 Å². The second kappa shape index (κ2) is 7.62. The van der Waals surface area contributed by atoms with Gasteiger partial charge in [-0.15, -0.1) is 0 Å². The van der Waals surface area contributed by atoms with Gasteiger partial charge in [0.15, 0.2) is 28.9 Å². The fourth-order valence-corrected chi connectivity index (χ4v) is 5.12. The molecule has 2 unspecified atom stereocenters. The summed E-state index contributed by atoms with van der Waals surface area (Å²) in [5, 5.41) is 0. The van der Waals surface area contributed by atoms with Crippen molar-refractivity contribution in [3.05, 3.63) is 93.1 Å². The van der Waals surface area contributed by atoms with Crippen molar-refractivity contribution in [1.82, 2.24) is 0 Å². The van der Waals surface area contributed by atoms with Crippen LogP contribution in [0, 0.1) is 0 Å². The number of hydrogen-bond acceptors (Lipinski definition) is 7. The predicted molar refractivity (Wildman–Crippen MR) is 118 cm³/mol. The van der Waals surface area contributed by atoms with E-state index in [1.807, 2.05) is 0 Å². The molecule has 0 saturated heterocycles. The highest BCUT2D eigenvalue weighted by Crippen LogP contribution is 2.36. The second-order valence-corrected chi connectivity index (χ2v) is 8.73. The molecule has 0 amide bonds. The molecule has 7 nitrogen and oxygen atoms in total. The van der Waals surface area contributed by atoms with Crippen molar-refractivity contribution in [2.75, 3.05) is 13.2 Å². The van der Waals surface area contributed by atoms with E-state index in [2.05, 4.69) is 0 Å². The Balaban J connectivity index is 1.25. The lowest BCUT2D eigenvalue weighted by molar-refractivity contribution is -0.142. The summed E-state index contributed by atoms with van der Waals surface area (Å²) in [6, 6.07) is 13.2. The van der Waals surface area contributed by atoms with Crippen LogP contribution < -0.4 is 0 Å². The number of Topliss-reactive ketones (excluding diaryl/α,β-unsaturated/α-hetero) is 5. The Morgan fingerprint density at radius 3 is 1.24 bits per heavy atom. The van der Waals surface area contributed by atoms with E-state index in [4.69, 9.17) is 9.47 Å². The molecular formula is C27H18O7. The number of fused-ring (bicyclic) bond motifs is 2. The fraction of sp³-hybridized carbons (Fsp3) is 0.222. The van der Waals surface area contributed by atoms with Crippen LogP contribution in [0.4, 0.5) is 0 Å². The zero-order chi connectivity index (χ0) is 23.6. The summed E-state index contributed by atoms with van der Waals surface area (Å²) in [6.07, 6.45) is -2.02. The van der Waals surface area contributed by atoms with Gasteiger partial charge in [-0.3, -0.25) is 24.0 Å². The normalized spacial score (nSPS) is 23.9. The minimum atomic E-state index is -0.977. The third-order valence-corrected chi connectivity index (χ3v) is 6.93. The van der Waals surface area contributed by atoms with Gasteiger partial charge in [0.05, 0.1) is 13.2 Å². The molecule has 7 heteroatoms. The molecule has 0 spiro atoms. The third-order valence-electron chi connectivity index (χ3n) is 6.93. The van der Waals surface area contributed by atoms with Crippen LogP contribution in [0.2, 0.25) is 0 Å². The van der Waals surface area contributed by atoms with E-state index >= 15 is 0 Å². The number of ether oxygens (including phenoxy) is 2. The van der Waals surface area contributed by atoms with Crippen molar-refractivity contribution in [2.45, 2.75) is 25.0 Å². The topological polar surface area (TPSA) is 104 Å². The lowest BCUT2D eigenvalue weighted by Gasteiger charge is -2.33. The smallest absolute Gasteiger partial charge is 0.192 e. The summed E-state index contributed by atoms with van der Waals surface area (Å²) in [5.41, 5.74) is 2.50. The molecule has 0 radical (unpaired) electrons. The molecule has 2 atom stereocenters. The van der Waals surface area contributed by atoms with Crippen LogP contribution in [0.3, 0.4) is 0 Å². The molecule has 2 aliphatic heterocycles. The van der Waals surface area contributed by atoms with E-state index < -0.39 is 18.0 Å². The van der Waals surface area contributed by atoms with E-state index in [1.165, 1.54) is 0 Å². The Morgan fingerprint density at radius 1 is 0.559 bits per heavy atom. The van der Waals surface area contributed by atoms with E-state index in [-0.39, 0.29) is 60.3 Å². The van der Waals surface area contributed by atoms with Crippen molar-refractivity contribution in [2.24, 2.45) is 0 Å². The lowest BCUT2D eigenvalue weighted by Crippen LogP contribution is -2.44. The van der Waals surface area contributed by atoms with Crippen LogP contribution in [-0.2, 0) is 14.3 Å². The van der Waals surface area contributed by atoms with Crippen molar-refractivity contribution >= 4 is 28.9 Å². The highest BCUT2D eigenvalue weighted by molar-refractivity contribution is 6.28. The molecule has 34 heavy (non-hydrogen) atoms. The van der Waals surface area contributed by atoms with Crippen LogP contribution in [0.5, 0.6) is 0 Å². The average molecular weight is 454 g/mol. The van der Waals surface area contributed by atoms with Crippen molar-refractivity contribution in [1.29, 1.82) is 0 Å². The zero-order valence-electron chi connectivity index (χ0n) is 18.0. The van der Waals surface area contributed by atoms with Crippen LogP contribution in [0.25, 0.3) is 0 Å². The molecule has 0 saturated carbocycles. The van der Waals surface area contributed by atoms with Gasteiger partial charge in [0, 0.05) is 57.4 Å². The first kappa shape index (κ1) is 20.8. The number of rotatable bonds is 2. The average Bonchev–Trinajstić information content (AvgIpc) is 2.89. The second-order valence-electron chi connectivity index (χ2n) is 8.73. The minimum Gasteiger partial charge on any atom is -0.365 e. The molecule has 168 valence electrons. The lowest BCUT2D eigenvalue weighted by atomic mass is 9.78. The SMILES string of the molecule is O=C1C2=C(CC(C(=O)C3CC4=C(CO3)C(=O)c3ccccc3C4=O)OC2)C(=O)c2ccccc21. The summed E-state index contributed by atoms with van der Waals surface area (Å²) in [5.74, 6) is -1.47. The number of ketones is 5. The van der Waals surface area contributed by atoms with Gasteiger partial charge in [0.25, 0.3) is 0 Å². The molecule has 4 aliphatic rings. The Kier molecular flexibility index (Phi) is 4.65. The summed E-state index contributed by atoms with van der Waals surface area (Å²) in [4.78, 5) is 65.0. The molecule has 6 rings (SSSR count). The van der Waals surface area contributed by atoms with Crippen LogP contribution in [0.1, 0.15) is 54.3 Å². The predicted octanol–water partition coefficient (Wildman–Crippen LogP) is 2.88. The Hall–Kier alpha value is -3.81. The maximum absolute atomic E-state index is 13.3. The van der Waals surface area contributed by atoms with Crippen molar-refractivity contribution < 1.29 is 33.4 Å². The summed E-state index contributed by atoms with van der Waals surface area (Å²) in [7, 11) is 0. The van der Waals surface area contributed by atoms with E-state index in [9.17, 15) is 24.0 Å². The van der Waals surface area contributed by atoms with E-state index in [0.29, 0.717) is 33.4 Å². The largest absolute Gasteiger partial charge is 0.365 e. The van der Waals surface area contributed by atoms with Gasteiger partial charge in [-0.2, -0.15) is 0 Å². The first-order chi connectivity index (χ1) is 16.5. The zero-order valence-corrected chi connectivity index (χ0v) is 18.0. The quantitative estimate of drug-likeness (QED) is 0.687. The van der Waals surface area contributed by atoms with Gasteiger partial charge in [-0.05, 0) is 0 Å². The van der Waals surface area contributed by atoms with Crippen LogP contribution >= 0.6 is 0 Å². The fourth-order valence-electron chi connectivity index (χ4n) is 5.12. The maximum atomic E-state index is 13.3. The van der Waals surface area contributed by atoms with E-state index in [0.717, 1.165) is 0 Å². The van der Waals surface area contributed by atoms with Gasteiger partial charge in [-0.1, -0.05) is 48.5 Å². The first-order valence-electron chi connectivity index (χ1n) is 11.0. The van der Waals surface area contributed by atoms with Gasteiger partial charge < -0.3 is 9.47 Å². The number of hydrogen-bond donors (Lipinski definition) is 0. The molecule has 0 fully saturated rings. The number of carbonyl (C=O) groups is 5. The minimum absolute atomic E-state index is 0.0332. The molecule has 2 aromatic carbocycles. The molecule has 2 aliphatic carbocycles. The number of benzene rings is 2. The maximum Gasteiger partial charge on any atom is 0.192 e. The molecule has 2 aromatic rings. The Morgan fingerprint density at radius 2 is 0.882 bits per heavy atom. The molecule has 0 bridgehead atoms. The van der Waals surface area contributed by atoms with Gasteiger partial charge in [0.1, 0.15) is 12.2 Å². The summed E-state index contributed by atoms with van der Waals surface area (Å²) < 4.78 is 11.4. The number of carbonyl (C=O) groups excluding carboxylic acids is 5. The van der Waals surface area contributed by atoms with Crippen molar-refractivity contribution in [3.8, 4) is 0 Å². The van der Waals surface area contributed by atoms with Crippen LogP contribution in [-0.4, -0.2) is 54.3 Å². The van der Waals surface area contributed by atoms with Gasteiger partial charge >= 0.3 is 0 Å². The molecule has 0 aromatic heterocycles. The highest BCUT2D eigenvalue weighted by atomic mass is 16.5. The van der Waals surface area contributed by atoms with Gasteiger partial charge in [0.2, 0.25) is 0 Å². The van der Waals surface area contributed by atoms with Crippen LogP contribution in [0.15, 0.2) is 70.8 Å². The first-order valence-corrected chi connectivity index (χ1v) is 11.0. The molecule has 2 heterocycles. The summed E-state index contributed by atoms with van der Waals surface area (Å²) >= 11 is 0. The highest BCUT2D eigenvalue weighted by Gasteiger charge is 2.43. The molecular weight excluding hydrogens is 436 g/mol. The Labute approximate surface area is 194 Å².